The molecule has 1 saturated heterocycles. The first kappa shape index (κ1) is 13.9. The molecular weight excluding hydrogens is 294 g/mol. The minimum Gasteiger partial charge on any atom is -0.317 e. The average molecular weight is 310 g/mol. The van der Waals surface area contributed by atoms with Gasteiger partial charge >= 0.3 is 0 Å². The van der Waals surface area contributed by atoms with Gasteiger partial charge in [-0.3, -0.25) is 0 Å². The van der Waals surface area contributed by atoms with Gasteiger partial charge in [0, 0.05) is 19.2 Å². The number of halogens is 1. The van der Waals surface area contributed by atoms with Crippen molar-refractivity contribution in [3.05, 3.63) is 29.2 Å². The van der Waals surface area contributed by atoms with Crippen LogP contribution in [0.4, 0.5) is 0 Å². The van der Waals surface area contributed by atoms with Crippen molar-refractivity contribution < 1.29 is 0 Å². The lowest BCUT2D eigenvalue weighted by Crippen LogP contribution is -2.27. The number of piperidine rings is 1. The van der Waals surface area contributed by atoms with E-state index >= 15 is 0 Å². The fourth-order valence-corrected chi connectivity index (χ4v) is 3.22. The Morgan fingerprint density at radius 1 is 1.30 bits per heavy atom. The molecule has 1 N–H and O–H groups in total. The molecule has 20 heavy (non-hydrogen) atoms. The fourth-order valence-electron chi connectivity index (χ4n) is 2.37. The molecule has 0 amide bonds. The molecule has 1 aliphatic heterocycles. The SMILES string of the molecule is Cn1c(Sc2ccc(Cl)cn2)nnc1C1CCNCC1. The highest BCUT2D eigenvalue weighted by Gasteiger charge is 2.21. The van der Waals surface area contributed by atoms with Crippen molar-refractivity contribution in [1.82, 2.24) is 25.1 Å². The lowest BCUT2D eigenvalue weighted by molar-refractivity contribution is 0.434. The van der Waals surface area contributed by atoms with E-state index in [0.29, 0.717) is 10.9 Å². The second-order valence-electron chi connectivity index (χ2n) is 4.84. The molecule has 3 heterocycles. The van der Waals surface area contributed by atoms with Crippen molar-refractivity contribution in [2.45, 2.75) is 28.9 Å². The Bertz CT molecular complexity index is 577. The Morgan fingerprint density at radius 2 is 2.10 bits per heavy atom. The van der Waals surface area contributed by atoms with Gasteiger partial charge in [0.25, 0.3) is 0 Å². The average Bonchev–Trinajstić information content (AvgIpc) is 2.84. The van der Waals surface area contributed by atoms with Crippen LogP contribution in [0.15, 0.2) is 28.5 Å². The van der Waals surface area contributed by atoms with Crippen LogP contribution in [0.25, 0.3) is 0 Å². The second kappa shape index (κ2) is 6.11. The first-order valence-electron chi connectivity index (χ1n) is 6.63. The number of aromatic nitrogens is 4. The zero-order valence-electron chi connectivity index (χ0n) is 11.2. The molecular formula is C13H16ClN5S. The Kier molecular flexibility index (Phi) is 4.24. The Balaban J connectivity index is 1.77. The lowest BCUT2D eigenvalue weighted by Gasteiger charge is -2.21. The lowest BCUT2D eigenvalue weighted by atomic mass is 9.97. The van der Waals surface area contributed by atoms with Gasteiger partial charge in [0.15, 0.2) is 5.16 Å². The summed E-state index contributed by atoms with van der Waals surface area (Å²) in [5, 5.41) is 14.4. The number of nitrogens with zero attached hydrogens (tertiary/aromatic N) is 4. The molecule has 0 spiro atoms. The summed E-state index contributed by atoms with van der Waals surface area (Å²) in [6.45, 7) is 2.11. The zero-order chi connectivity index (χ0) is 13.9. The first-order valence-corrected chi connectivity index (χ1v) is 7.83. The highest BCUT2D eigenvalue weighted by Crippen LogP contribution is 2.29. The van der Waals surface area contributed by atoms with Crippen LogP contribution in [-0.2, 0) is 7.05 Å². The van der Waals surface area contributed by atoms with Crippen molar-refractivity contribution in [3.8, 4) is 0 Å². The molecule has 0 radical (unpaired) electrons. The van der Waals surface area contributed by atoms with E-state index in [1.165, 1.54) is 11.8 Å². The first-order chi connectivity index (χ1) is 9.74. The van der Waals surface area contributed by atoms with E-state index in [1.807, 2.05) is 19.2 Å². The van der Waals surface area contributed by atoms with Gasteiger partial charge in [-0.15, -0.1) is 10.2 Å². The van der Waals surface area contributed by atoms with E-state index in [9.17, 15) is 0 Å². The molecule has 0 aliphatic carbocycles. The number of hydrogen-bond donors (Lipinski definition) is 1. The fraction of sp³-hybridized carbons (Fsp3) is 0.462. The summed E-state index contributed by atoms with van der Waals surface area (Å²) in [4.78, 5) is 4.28. The topological polar surface area (TPSA) is 55.6 Å². The van der Waals surface area contributed by atoms with Crippen molar-refractivity contribution in [2.24, 2.45) is 7.05 Å². The molecule has 7 heteroatoms. The number of hydrogen-bond acceptors (Lipinski definition) is 5. The summed E-state index contributed by atoms with van der Waals surface area (Å²) < 4.78 is 2.08. The monoisotopic (exact) mass is 309 g/mol. The third-order valence-electron chi connectivity index (χ3n) is 3.47. The molecule has 0 aromatic carbocycles. The molecule has 5 nitrogen and oxygen atoms in total. The molecule has 1 fully saturated rings. The largest absolute Gasteiger partial charge is 0.317 e. The van der Waals surface area contributed by atoms with Gasteiger partial charge in [-0.1, -0.05) is 11.6 Å². The maximum atomic E-state index is 5.84. The Labute approximate surface area is 127 Å². The van der Waals surface area contributed by atoms with E-state index in [0.717, 1.165) is 41.9 Å². The van der Waals surface area contributed by atoms with Crippen molar-refractivity contribution >= 4 is 23.4 Å². The smallest absolute Gasteiger partial charge is 0.197 e. The highest BCUT2D eigenvalue weighted by atomic mass is 35.5. The summed E-state index contributed by atoms with van der Waals surface area (Å²) in [6, 6.07) is 3.73. The van der Waals surface area contributed by atoms with Crippen LogP contribution in [0.2, 0.25) is 5.02 Å². The Morgan fingerprint density at radius 3 is 2.80 bits per heavy atom. The minimum atomic E-state index is 0.501. The van der Waals surface area contributed by atoms with Crippen molar-refractivity contribution in [3.63, 3.8) is 0 Å². The molecule has 0 unspecified atom stereocenters. The summed E-state index contributed by atoms with van der Waals surface area (Å²) in [7, 11) is 2.02. The van der Waals surface area contributed by atoms with Gasteiger partial charge in [-0.2, -0.15) is 0 Å². The quantitative estimate of drug-likeness (QED) is 0.944. The molecule has 0 saturated carbocycles. The van der Waals surface area contributed by atoms with E-state index < -0.39 is 0 Å². The van der Waals surface area contributed by atoms with E-state index in [2.05, 4.69) is 25.1 Å². The predicted octanol–water partition coefficient (Wildman–Crippen LogP) is 2.48. The molecule has 1 aliphatic rings. The minimum absolute atomic E-state index is 0.501. The predicted molar refractivity (Wildman–Crippen MR) is 79.2 cm³/mol. The maximum Gasteiger partial charge on any atom is 0.197 e. The highest BCUT2D eigenvalue weighted by molar-refractivity contribution is 7.99. The summed E-state index contributed by atoms with van der Waals surface area (Å²) in [5.41, 5.74) is 0. The summed E-state index contributed by atoms with van der Waals surface area (Å²) in [6.07, 6.45) is 3.89. The van der Waals surface area contributed by atoms with Crippen LogP contribution >= 0.6 is 23.4 Å². The van der Waals surface area contributed by atoms with Crippen LogP contribution < -0.4 is 5.32 Å². The molecule has 0 bridgehead atoms. The Hall–Kier alpha value is -1.11. The van der Waals surface area contributed by atoms with Gasteiger partial charge < -0.3 is 9.88 Å². The third-order valence-corrected chi connectivity index (χ3v) is 4.68. The van der Waals surface area contributed by atoms with Gasteiger partial charge in [0.05, 0.1) is 5.02 Å². The van der Waals surface area contributed by atoms with Gasteiger partial charge in [-0.05, 0) is 49.8 Å². The van der Waals surface area contributed by atoms with Crippen molar-refractivity contribution in [1.29, 1.82) is 0 Å². The van der Waals surface area contributed by atoms with E-state index in [-0.39, 0.29) is 0 Å². The summed E-state index contributed by atoms with van der Waals surface area (Å²) >= 11 is 7.35. The third kappa shape index (κ3) is 2.97. The molecule has 106 valence electrons. The van der Waals surface area contributed by atoms with E-state index in [4.69, 9.17) is 11.6 Å². The van der Waals surface area contributed by atoms with Crippen LogP contribution in [0.3, 0.4) is 0 Å². The number of rotatable bonds is 3. The summed E-state index contributed by atoms with van der Waals surface area (Å²) in [5.74, 6) is 1.57. The van der Waals surface area contributed by atoms with Gasteiger partial charge in [-0.25, -0.2) is 4.98 Å². The van der Waals surface area contributed by atoms with E-state index in [1.54, 1.807) is 6.20 Å². The molecule has 3 rings (SSSR count). The van der Waals surface area contributed by atoms with Crippen LogP contribution in [0.1, 0.15) is 24.6 Å². The molecule has 2 aromatic rings. The van der Waals surface area contributed by atoms with Crippen LogP contribution in [-0.4, -0.2) is 32.8 Å². The second-order valence-corrected chi connectivity index (χ2v) is 6.26. The van der Waals surface area contributed by atoms with Crippen LogP contribution in [0.5, 0.6) is 0 Å². The standard InChI is InChI=1S/C13H16ClN5S/c1-19-12(9-4-6-15-7-5-9)17-18-13(19)20-11-3-2-10(14)8-16-11/h2-3,8-9,15H,4-7H2,1H3. The van der Waals surface area contributed by atoms with Crippen LogP contribution in [0, 0.1) is 0 Å². The number of nitrogens with one attached hydrogen (secondary N) is 1. The zero-order valence-corrected chi connectivity index (χ0v) is 12.8. The normalized spacial score (nSPS) is 16.5. The number of pyridine rings is 1. The maximum absolute atomic E-state index is 5.84. The molecule has 0 atom stereocenters. The van der Waals surface area contributed by atoms with Crippen molar-refractivity contribution in [2.75, 3.05) is 13.1 Å². The van der Waals surface area contributed by atoms with Gasteiger partial charge in [0.1, 0.15) is 10.9 Å². The molecule has 2 aromatic heterocycles. The van der Waals surface area contributed by atoms with Gasteiger partial charge in [0.2, 0.25) is 0 Å².